The highest BCUT2D eigenvalue weighted by Crippen LogP contribution is 2.47. The van der Waals surface area contributed by atoms with E-state index in [4.69, 9.17) is 22.4 Å². The van der Waals surface area contributed by atoms with Gasteiger partial charge >= 0.3 is 0 Å². The molecule has 1 atom stereocenters. The molecule has 0 bridgehead atoms. The first-order chi connectivity index (χ1) is 32.6. The van der Waals surface area contributed by atoms with E-state index in [1.54, 1.807) is 43.4 Å². The van der Waals surface area contributed by atoms with Crippen molar-refractivity contribution in [3.63, 3.8) is 0 Å². The summed E-state index contributed by atoms with van der Waals surface area (Å²) in [6.45, 7) is 0. The van der Waals surface area contributed by atoms with Crippen molar-refractivity contribution in [3.8, 4) is 11.5 Å². The van der Waals surface area contributed by atoms with Crippen LogP contribution in [-0.2, 0) is 68.5 Å². The van der Waals surface area contributed by atoms with Crippen molar-refractivity contribution in [1.29, 1.82) is 0 Å². The number of azo groups is 2. The Balaban J connectivity index is 0.000000265. The van der Waals surface area contributed by atoms with Gasteiger partial charge in [0.25, 0.3) is 10.1 Å². The van der Waals surface area contributed by atoms with Crippen LogP contribution in [0.5, 0.6) is 11.5 Å². The molecule has 0 aromatic heterocycles. The highest BCUT2D eigenvalue weighted by molar-refractivity contribution is 7.95. The molecule has 6 rings (SSSR count). The molecule has 26 nitrogen and oxygen atoms in total. The number of nitrogens with two attached hydrogens (primary N) is 1. The average molecular weight is 1050 g/mol. The Labute approximate surface area is 393 Å². The Hall–Kier alpha value is -5.18. The maximum atomic E-state index is 12.4. The monoisotopic (exact) mass is 1050 g/mol. The van der Waals surface area contributed by atoms with Gasteiger partial charge in [0.05, 0.1) is 79.4 Å². The Bertz CT molecular complexity index is 3020. The number of benzene rings is 6. The summed E-state index contributed by atoms with van der Waals surface area (Å²) in [7, 11) is -7.00. The molecule has 6 aromatic carbocycles. The van der Waals surface area contributed by atoms with E-state index in [1.165, 1.54) is 30.3 Å². The van der Waals surface area contributed by atoms with E-state index in [0.717, 1.165) is 35.2 Å². The molecule has 358 valence electrons. The lowest BCUT2D eigenvalue weighted by atomic mass is 10.1. The Morgan fingerprint density at radius 1 is 0.687 bits per heavy atom. The number of hydrogen-bond acceptors (Lipinski definition) is 28. The lowest BCUT2D eigenvalue weighted by molar-refractivity contribution is -0.434. The molecule has 0 aliphatic heterocycles. The van der Waals surface area contributed by atoms with Crippen molar-refractivity contribution >= 4 is 123 Å². The Morgan fingerprint density at radius 2 is 1.24 bits per heavy atom. The number of phenolic OH excluding ortho intramolecular Hbond substituents is 2. The van der Waals surface area contributed by atoms with Gasteiger partial charge in [-0.3, -0.25) is 4.55 Å². The van der Waals surface area contributed by atoms with E-state index in [0.29, 0.717) is 45.0 Å². The molecule has 0 saturated heterocycles. The topological polar surface area (TPSA) is 388 Å². The first-order valence-corrected chi connectivity index (χ1v) is 24.2. The molecule has 0 amide bonds. The molecule has 0 fully saturated rings. The van der Waals surface area contributed by atoms with Crippen molar-refractivity contribution in [3.05, 3.63) is 91.0 Å². The van der Waals surface area contributed by atoms with Crippen molar-refractivity contribution in [2.24, 2.45) is 20.5 Å². The molecule has 1 unspecified atom stereocenters. The van der Waals surface area contributed by atoms with Gasteiger partial charge in [-0.25, -0.2) is 33.7 Å². The summed E-state index contributed by atoms with van der Waals surface area (Å²) < 4.78 is 94.2. The summed E-state index contributed by atoms with van der Waals surface area (Å²) in [5, 5.41) is 88.8. The zero-order chi connectivity index (χ0) is 49.4. The molecule has 0 radical (unpaired) electrons. The zero-order valence-corrected chi connectivity index (χ0v) is 38.1. The largest absolute Gasteiger partial charge is 0.505 e. The standard InChI is InChI=1S/C18H17N3O13S4.C17H15N3O7S2/c19-14-6-5-12-13(18(14)38(28,29)30)9-15(35-33-31-23)16(17(12)22)21-20-10-1-3-11(4-2-10)37(26,27)8-7-36(25)34-32-24;1-18-12-4-7-14-10(8-12)9-15(29-27-25-23)16(17(14)21)20-19-11-2-5-13(6-3-11)28-26-24-22/h1-6,9,22-24H,7-8,19H2,(H,28,29,30);2-9,18,21-23H,1H3/i/hD. The third-order valence-electron chi connectivity index (χ3n) is 8.44. The molecule has 0 saturated carbocycles. The zero-order valence-electron chi connectivity index (χ0n) is 34.3. The number of aromatic hydroxyl groups is 2. The van der Waals surface area contributed by atoms with Crippen LogP contribution in [0.2, 0.25) is 1.41 Å². The Kier molecular flexibility index (Phi) is 18.9. The number of nitrogens with zero attached hydrogens (tertiary/aromatic N) is 4. The number of nitrogen functional groups attached to an aromatic ring is 1. The highest BCUT2D eigenvalue weighted by Gasteiger charge is 2.24. The van der Waals surface area contributed by atoms with Gasteiger partial charge in [0.2, 0.25) is 0 Å². The van der Waals surface area contributed by atoms with Gasteiger partial charge in [-0.05, 0) is 96.4 Å². The number of phenols is 2. The second-order valence-electron chi connectivity index (χ2n) is 12.4. The van der Waals surface area contributed by atoms with E-state index >= 15 is 0 Å². The molecule has 32 heteroatoms. The van der Waals surface area contributed by atoms with Crippen LogP contribution in [0.25, 0.3) is 21.5 Å². The van der Waals surface area contributed by atoms with Gasteiger partial charge in [-0.2, -0.15) is 18.6 Å². The van der Waals surface area contributed by atoms with Crippen molar-refractivity contribution in [2.45, 2.75) is 24.5 Å². The minimum absolute atomic E-state index is 0.0985. The average Bonchev–Trinajstić information content (AvgIpc) is 3.33. The summed E-state index contributed by atoms with van der Waals surface area (Å²) in [6.07, 6.45) is 0. The second-order valence-corrected chi connectivity index (χ2v) is 19.3. The first-order valence-electron chi connectivity index (χ1n) is 18.1. The molecule has 0 aliphatic carbocycles. The first kappa shape index (κ1) is 51.2. The van der Waals surface area contributed by atoms with E-state index in [-0.39, 0.29) is 49.1 Å². The normalized spacial score (nSPS) is 12.7. The maximum Gasteiger partial charge on any atom is 0.297 e. The third-order valence-corrected chi connectivity index (χ3v) is 14.0. The van der Waals surface area contributed by atoms with Gasteiger partial charge < -0.3 is 21.3 Å². The summed E-state index contributed by atoms with van der Waals surface area (Å²) >= 11 is -0.421. The summed E-state index contributed by atoms with van der Waals surface area (Å²) in [6, 6.07) is 22.2. The van der Waals surface area contributed by atoms with Crippen molar-refractivity contribution in [1.82, 2.24) is 0 Å². The van der Waals surface area contributed by atoms with E-state index in [1.807, 2.05) is 17.9 Å². The molecule has 0 aliphatic rings. The fraction of sp³-hybridized carbons (Fsp3) is 0.0857. The van der Waals surface area contributed by atoms with Crippen molar-refractivity contribution < 1.29 is 95.7 Å². The van der Waals surface area contributed by atoms with Crippen LogP contribution in [0, 0.1) is 0 Å². The van der Waals surface area contributed by atoms with Crippen LogP contribution in [0.15, 0.2) is 136 Å². The minimum Gasteiger partial charge on any atom is -0.505 e. The predicted octanol–water partition coefficient (Wildman–Crippen LogP) is 8.94. The fourth-order valence-electron chi connectivity index (χ4n) is 5.52. The number of rotatable bonds is 22. The number of nitrogens with one attached hydrogen (secondary N) is 1. The van der Waals surface area contributed by atoms with Gasteiger partial charge in [-0.15, -0.1) is 27.6 Å². The second kappa shape index (κ2) is 24.7. The summed E-state index contributed by atoms with van der Waals surface area (Å²) in [5.74, 6) is -1.79. The number of fused-ring (bicyclic) bond motifs is 2. The smallest absolute Gasteiger partial charge is 0.297 e. The summed E-state index contributed by atoms with van der Waals surface area (Å²) in [4.78, 5) is 0.0132. The Morgan fingerprint density at radius 3 is 1.79 bits per heavy atom. The number of hydrogen-bond donors (Lipinski definition) is 9. The third kappa shape index (κ3) is 14.2. The van der Waals surface area contributed by atoms with Gasteiger partial charge in [0, 0.05) is 33.8 Å². The number of sulfone groups is 1. The highest BCUT2D eigenvalue weighted by atomic mass is 32.2. The minimum atomic E-state index is -4.89. The lowest BCUT2D eigenvalue weighted by Gasteiger charge is -2.12. The van der Waals surface area contributed by atoms with Crippen LogP contribution < -0.4 is 11.0 Å². The molecule has 67 heavy (non-hydrogen) atoms. The molecule has 6 aromatic rings. The van der Waals surface area contributed by atoms with Crippen LogP contribution >= 0.6 is 36.1 Å². The maximum absolute atomic E-state index is 12.4. The van der Waals surface area contributed by atoms with Gasteiger partial charge in [-0.1, -0.05) is 20.2 Å². The van der Waals surface area contributed by atoms with Crippen molar-refractivity contribution in [2.75, 3.05) is 29.6 Å². The van der Waals surface area contributed by atoms with Gasteiger partial charge in [0.15, 0.2) is 33.8 Å². The predicted molar refractivity (Wildman–Crippen MR) is 238 cm³/mol. The van der Waals surface area contributed by atoms with E-state index in [9.17, 15) is 35.8 Å². The van der Waals surface area contributed by atoms with E-state index < -0.39 is 53.2 Å². The van der Waals surface area contributed by atoms with Crippen LogP contribution in [0.1, 0.15) is 0 Å². The molecule has 0 spiro atoms. The molecular formula is C35H32N6O20S6. The SMILES string of the molecule is CNc1ccc2c(O)c(N=Nc3ccc(SOOO)cc3)c(SOOO)cc2c1.[2H]Nc1ccc2c(O)c(N=Nc3ccc(S(=O)(=O)CCS(=O)OOO)cc3)c(SOOO)cc2c1S(=O)(=O)O. The van der Waals surface area contributed by atoms with Crippen LogP contribution in [0.3, 0.4) is 0 Å². The molecular weight excluding hydrogens is 1020 g/mol. The quantitative estimate of drug-likeness (QED) is 0.00764. The summed E-state index contributed by atoms with van der Waals surface area (Å²) in [5.41, 5.74) is 2.90. The van der Waals surface area contributed by atoms with Gasteiger partial charge in [0.1, 0.15) is 16.3 Å². The van der Waals surface area contributed by atoms with Crippen LogP contribution in [0.4, 0.5) is 34.1 Å². The van der Waals surface area contributed by atoms with E-state index in [2.05, 4.69) is 63.3 Å². The lowest BCUT2D eigenvalue weighted by Crippen LogP contribution is -2.14. The fourth-order valence-corrected chi connectivity index (χ4v) is 10.00. The number of anilines is 2. The molecule has 10 N–H and O–H groups in total. The molecule has 0 heterocycles. The van der Waals surface area contributed by atoms with Crippen LogP contribution in [-0.4, -0.2) is 75.4 Å².